The van der Waals surface area contributed by atoms with Crippen molar-refractivity contribution >= 4 is 39.2 Å². The predicted molar refractivity (Wildman–Crippen MR) is 150 cm³/mol. The summed E-state index contributed by atoms with van der Waals surface area (Å²) in [5, 5.41) is 5.48. The van der Waals surface area contributed by atoms with E-state index in [1.54, 1.807) is 18.8 Å². The number of carbonyl (C=O) groups is 1. The third kappa shape index (κ3) is 6.93. The lowest BCUT2D eigenvalue weighted by atomic mass is 10.1. The highest BCUT2D eigenvalue weighted by molar-refractivity contribution is 7.99. The van der Waals surface area contributed by atoms with Crippen LogP contribution >= 0.6 is 23.1 Å². The van der Waals surface area contributed by atoms with Crippen LogP contribution in [-0.4, -0.2) is 41.5 Å². The molecular formula is C28H31N3O4S2. The van der Waals surface area contributed by atoms with Gasteiger partial charge in [0, 0.05) is 12.6 Å². The highest BCUT2D eigenvalue weighted by Gasteiger charge is 2.16. The number of ether oxygens (including phenoxy) is 2. The van der Waals surface area contributed by atoms with E-state index < -0.39 is 0 Å². The molecule has 7 nitrogen and oxygen atoms in total. The largest absolute Gasteiger partial charge is 0.493 e. The van der Waals surface area contributed by atoms with E-state index in [0.29, 0.717) is 39.8 Å². The lowest BCUT2D eigenvalue weighted by molar-refractivity contribution is -0.119. The van der Waals surface area contributed by atoms with Crippen molar-refractivity contribution in [1.29, 1.82) is 0 Å². The molecule has 0 radical (unpaired) electrons. The van der Waals surface area contributed by atoms with E-state index in [-0.39, 0.29) is 23.3 Å². The normalized spacial score (nSPS) is 11.9. The van der Waals surface area contributed by atoms with Gasteiger partial charge in [0.1, 0.15) is 4.70 Å². The highest BCUT2D eigenvalue weighted by atomic mass is 32.2. The van der Waals surface area contributed by atoms with Crippen LogP contribution in [-0.2, 0) is 24.2 Å². The molecule has 2 aromatic carbocycles. The first-order valence-corrected chi connectivity index (χ1v) is 14.0. The second-order valence-electron chi connectivity index (χ2n) is 8.71. The Morgan fingerprint density at radius 3 is 2.59 bits per heavy atom. The first-order valence-electron chi connectivity index (χ1n) is 12.1. The summed E-state index contributed by atoms with van der Waals surface area (Å²) in [6.07, 6.45) is 2.37. The van der Waals surface area contributed by atoms with Gasteiger partial charge in [-0.2, -0.15) is 0 Å². The van der Waals surface area contributed by atoms with Gasteiger partial charge in [-0.15, -0.1) is 11.3 Å². The van der Waals surface area contributed by atoms with Gasteiger partial charge in [-0.25, -0.2) is 4.98 Å². The van der Waals surface area contributed by atoms with Crippen molar-refractivity contribution < 1.29 is 14.3 Å². The zero-order valence-electron chi connectivity index (χ0n) is 21.2. The lowest BCUT2D eigenvalue weighted by Crippen LogP contribution is -2.34. The maximum atomic E-state index is 13.3. The number of methoxy groups -OCH3 is 2. The van der Waals surface area contributed by atoms with Crippen molar-refractivity contribution in [3.05, 3.63) is 81.5 Å². The summed E-state index contributed by atoms with van der Waals surface area (Å²) >= 11 is 2.68. The number of fused-ring (bicyclic) bond motifs is 1. The summed E-state index contributed by atoms with van der Waals surface area (Å²) in [5.74, 6) is 1.42. The monoisotopic (exact) mass is 537 g/mol. The van der Waals surface area contributed by atoms with E-state index in [1.165, 1.54) is 28.7 Å². The Morgan fingerprint density at radius 1 is 1.05 bits per heavy atom. The average Bonchev–Trinajstić information content (AvgIpc) is 3.39. The summed E-state index contributed by atoms with van der Waals surface area (Å²) in [7, 11) is 3.20. The summed E-state index contributed by atoms with van der Waals surface area (Å²) in [4.78, 5) is 30.7. The Hall–Kier alpha value is -3.30. The van der Waals surface area contributed by atoms with E-state index >= 15 is 0 Å². The maximum absolute atomic E-state index is 13.3. The Morgan fingerprint density at radius 2 is 1.84 bits per heavy atom. The van der Waals surface area contributed by atoms with Crippen molar-refractivity contribution in [2.75, 3.05) is 20.0 Å². The van der Waals surface area contributed by atoms with Crippen LogP contribution in [0.15, 0.2) is 69.9 Å². The topological polar surface area (TPSA) is 82.5 Å². The van der Waals surface area contributed by atoms with Gasteiger partial charge in [0.2, 0.25) is 5.91 Å². The highest BCUT2D eigenvalue weighted by Crippen LogP contribution is 2.28. The molecule has 0 aliphatic rings. The van der Waals surface area contributed by atoms with Gasteiger partial charge in [0.05, 0.1) is 25.5 Å². The smallest absolute Gasteiger partial charge is 0.272 e. The number of rotatable bonds is 12. The van der Waals surface area contributed by atoms with E-state index in [9.17, 15) is 9.59 Å². The van der Waals surface area contributed by atoms with Crippen LogP contribution in [0.1, 0.15) is 24.5 Å². The third-order valence-electron chi connectivity index (χ3n) is 6.05. The molecule has 0 spiro atoms. The average molecular weight is 538 g/mol. The van der Waals surface area contributed by atoms with Gasteiger partial charge < -0.3 is 14.8 Å². The van der Waals surface area contributed by atoms with E-state index in [1.807, 2.05) is 54.8 Å². The number of nitrogens with one attached hydrogen (secondary N) is 1. The minimum atomic E-state index is -0.0837. The van der Waals surface area contributed by atoms with Crippen LogP contribution in [0.25, 0.3) is 10.2 Å². The van der Waals surface area contributed by atoms with Gasteiger partial charge in [-0.05, 0) is 60.9 Å². The fraction of sp³-hybridized carbons (Fsp3) is 0.321. The molecule has 2 aromatic heterocycles. The second-order valence-corrected chi connectivity index (χ2v) is 10.6. The van der Waals surface area contributed by atoms with E-state index in [2.05, 4.69) is 17.4 Å². The molecule has 4 aromatic rings. The fourth-order valence-electron chi connectivity index (χ4n) is 4.05. The fourth-order valence-corrected chi connectivity index (χ4v) is 5.67. The van der Waals surface area contributed by atoms with Crippen LogP contribution in [0.4, 0.5) is 0 Å². The zero-order chi connectivity index (χ0) is 26.2. The van der Waals surface area contributed by atoms with Crippen molar-refractivity contribution in [2.45, 2.75) is 43.9 Å². The number of hydrogen-bond donors (Lipinski definition) is 1. The Balaban J connectivity index is 1.42. The zero-order valence-corrected chi connectivity index (χ0v) is 22.9. The minimum Gasteiger partial charge on any atom is -0.493 e. The quantitative estimate of drug-likeness (QED) is 0.203. The van der Waals surface area contributed by atoms with Crippen LogP contribution < -0.4 is 20.3 Å². The number of carbonyl (C=O) groups excluding carboxylic acids is 1. The number of benzene rings is 2. The first kappa shape index (κ1) is 26.8. The third-order valence-corrected chi connectivity index (χ3v) is 7.92. The number of hydrogen-bond acceptors (Lipinski definition) is 7. The molecule has 1 amide bonds. The number of nitrogens with zero attached hydrogens (tertiary/aromatic N) is 2. The molecule has 0 bridgehead atoms. The summed E-state index contributed by atoms with van der Waals surface area (Å²) in [6, 6.07) is 17.9. The number of thiophene rings is 1. The molecule has 1 N–H and O–H groups in total. The molecule has 0 fully saturated rings. The van der Waals surface area contributed by atoms with Crippen molar-refractivity contribution in [2.24, 2.45) is 0 Å². The van der Waals surface area contributed by atoms with Gasteiger partial charge >= 0.3 is 0 Å². The Labute approximate surface area is 224 Å². The molecular weight excluding hydrogens is 506 g/mol. The molecule has 9 heteroatoms. The summed E-state index contributed by atoms with van der Waals surface area (Å²) in [5.41, 5.74) is 2.85. The van der Waals surface area contributed by atoms with Crippen molar-refractivity contribution in [3.63, 3.8) is 0 Å². The molecule has 0 unspecified atom stereocenters. The van der Waals surface area contributed by atoms with Crippen molar-refractivity contribution in [1.82, 2.24) is 14.9 Å². The van der Waals surface area contributed by atoms with Crippen molar-refractivity contribution in [3.8, 4) is 11.5 Å². The maximum Gasteiger partial charge on any atom is 0.272 e. The molecule has 37 heavy (non-hydrogen) atoms. The molecule has 1 atom stereocenters. The Kier molecular flexibility index (Phi) is 9.24. The molecule has 4 rings (SSSR count). The van der Waals surface area contributed by atoms with Gasteiger partial charge in [-0.3, -0.25) is 14.2 Å². The van der Waals surface area contributed by atoms with E-state index in [0.717, 1.165) is 18.4 Å². The van der Waals surface area contributed by atoms with Crippen LogP contribution in [0.5, 0.6) is 11.5 Å². The minimum absolute atomic E-state index is 0.0489. The Bertz CT molecular complexity index is 1400. The number of thioether (sulfide) groups is 1. The van der Waals surface area contributed by atoms with Crippen LogP contribution in [0.3, 0.4) is 0 Å². The SMILES string of the molecule is COc1ccc(CCn2c(SCC(=O)N[C@@H](C)CCc3ccccc3)nc3ccsc3c2=O)cc1OC. The van der Waals surface area contributed by atoms with Crippen LogP contribution in [0, 0.1) is 0 Å². The summed E-state index contributed by atoms with van der Waals surface area (Å²) in [6.45, 7) is 2.45. The number of aromatic nitrogens is 2. The first-order chi connectivity index (χ1) is 18.0. The standard InChI is InChI=1S/C28H31N3O4S2/c1-19(9-10-20-7-5-4-6-8-20)29-25(32)18-37-28-30-22-14-16-36-26(22)27(33)31(28)15-13-21-11-12-23(34-2)24(17-21)35-3/h4-8,11-12,14,16-17,19H,9-10,13,15,18H2,1-3H3,(H,29,32)/t19-/m0/s1. The van der Waals surface area contributed by atoms with Gasteiger partial charge in [0.25, 0.3) is 5.56 Å². The summed E-state index contributed by atoms with van der Waals surface area (Å²) < 4.78 is 13.0. The van der Waals surface area contributed by atoms with Crippen LogP contribution in [0.2, 0.25) is 0 Å². The lowest BCUT2D eigenvalue weighted by Gasteiger charge is -2.15. The number of amides is 1. The second kappa shape index (κ2) is 12.8. The molecule has 2 heterocycles. The molecule has 0 aliphatic heterocycles. The molecule has 194 valence electrons. The van der Waals surface area contributed by atoms with Gasteiger partial charge in [-0.1, -0.05) is 48.2 Å². The van der Waals surface area contributed by atoms with E-state index in [4.69, 9.17) is 14.5 Å². The van der Waals surface area contributed by atoms with Gasteiger partial charge in [0.15, 0.2) is 16.7 Å². The molecule has 0 aliphatic carbocycles. The predicted octanol–water partition coefficient (Wildman–Crippen LogP) is 4.95. The molecule has 0 saturated carbocycles. The molecule has 0 saturated heterocycles. The number of aryl methyl sites for hydroxylation is 2.